The number of para-hydroxylation sites is 2. The van der Waals surface area contributed by atoms with Crippen LogP contribution >= 0.6 is 0 Å². The largest absolute Gasteiger partial charge is 0.313 e. The Morgan fingerprint density at radius 2 is 1.19 bits per heavy atom. The standard InChI is InChI=1S/C52H37FN4/c53-39-24-29-51-45(32-39)44-31-38(23-28-50(44)56(51)40-16-8-3-9-17-40)37-22-27-49-43(30-37)42-18-10-11-19-48(42)57(49)41-25-20-35(21-26-41)47-33-46(34-12-4-1-5-13-34)54-52(55-47)36-14-6-2-7-15-36/h1-12,14-20,22-25,27-34H,13,21,26H2. The van der Waals surface area contributed by atoms with E-state index < -0.39 is 0 Å². The van der Waals surface area contributed by atoms with E-state index in [2.05, 4.69) is 137 Å². The minimum absolute atomic E-state index is 0.233. The normalized spacial score (nSPS) is 15.5. The smallest absolute Gasteiger partial charge is 0.160 e. The van der Waals surface area contributed by atoms with Crippen LogP contribution in [0.5, 0.6) is 0 Å². The number of rotatable bonds is 6. The van der Waals surface area contributed by atoms with Gasteiger partial charge in [-0.25, -0.2) is 14.4 Å². The van der Waals surface area contributed by atoms with Crippen molar-refractivity contribution in [3.8, 4) is 28.2 Å². The van der Waals surface area contributed by atoms with Gasteiger partial charge in [0.05, 0.1) is 33.5 Å². The lowest BCUT2D eigenvalue weighted by atomic mass is 9.93. The molecule has 57 heavy (non-hydrogen) atoms. The average molecular weight is 737 g/mol. The van der Waals surface area contributed by atoms with Crippen molar-refractivity contribution in [2.24, 2.45) is 0 Å². The van der Waals surface area contributed by atoms with E-state index in [0.717, 1.165) is 80.7 Å². The topological polar surface area (TPSA) is 35.6 Å². The van der Waals surface area contributed by atoms with Crippen molar-refractivity contribution >= 4 is 54.9 Å². The van der Waals surface area contributed by atoms with Crippen molar-refractivity contribution in [1.29, 1.82) is 0 Å². The molecule has 9 aromatic rings. The van der Waals surface area contributed by atoms with Gasteiger partial charge >= 0.3 is 0 Å². The monoisotopic (exact) mass is 736 g/mol. The van der Waals surface area contributed by atoms with Crippen LogP contribution in [-0.4, -0.2) is 19.1 Å². The fourth-order valence-corrected chi connectivity index (χ4v) is 8.85. The number of fused-ring (bicyclic) bond motifs is 6. The van der Waals surface area contributed by atoms with Crippen LogP contribution in [0.4, 0.5) is 4.39 Å². The van der Waals surface area contributed by atoms with Crippen LogP contribution in [0.15, 0.2) is 182 Å². The van der Waals surface area contributed by atoms with Crippen molar-refractivity contribution in [3.63, 3.8) is 0 Å². The summed E-state index contributed by atoms with van der Waals surface area (Å²) < 4.78 is 19.4. The lowest BCUT2D eigenvalue weighted by Gasteiger charge is -2.20. The van der Waals surface area contributed by atoms with Gasteiger partial charge in [-0.2, -0.15) is 0 Å². The molecule has 2 aliphatic rings. The fourth-order valence-electron chi connectivity index (χ4n) is 8.85. The summed E-state index contributed by atoms with van der Waals surface area (Å²) in [6.45, 7) is 0. The van der Waals surface area contributed by atoms with Gasteiger partial charge in [-0.3, -0.25) is 0 Å². The molecule has 0 saturated heterocycles. The van der Waals surface area contributed by atoms with E-state index in [0.29, 0.717) is 0 Å². The van der Waals surface area contributed by atoms with Crippen LogP contribution in [0.1, 0.15) is 36.6 Å². The van der Waals surface area contributed by atoms with E-state index in [9.17, 15) is 4.39 Å². The number of allylic oxidation sites excluding steroid dienone is 8. The van der Waals surface area contributed by atoms with Gasteiger partial charge < -0.3 is 9.13 Å². The van der Waals surface area contributed by atoms with Crippen LogP contribution < -0.4 is 0 Å². The zero-order valence-electron chi connectivity index (χ0n) is 31.2. The highest BCUT2D eigenvalue weighted by atomic mass is 19.1. The molecule has 5 heteroatoms. The number of halogens is 1. The number of nitrogens with zero attached hydrogens (tertiary/aromatic N) is 4. The molecule has 2 aliphatic carbocycles. The van der Waals surface area contributed by atoms with E-state index in [1.807, 2.05) is 42.5 Å². The third-order valence-electron chi connectivity index (χ3n) is 11.6. The molecule has 1 unspecified atom stereocenters. The van der Waals surface area contributed by atoms with Gasteiger partial charge in [0.1, 0.15) is 5.82 Å². The first-order valence-electron chi connectivity index (χ1n) is 19.7. The molecule has 3 aromatic heterocycles. The van der Waals surface area contributed by atoms with Gasteiger partial charge in [0.2, 0.25) is 0 Å². The van der Waals surface area contributed by atoms with Crippen LogP contribution in [0, 0.1) is 5.82 Å². The summed E-state index contributed by atoms with van der Waals surface area (Å²) in [7, 11) is 0. The van der Waals surface area contributed by atoms with Gasteiger partial charge in [0.15, 0.2) is 5.82 Å². The van der Waals surface area contributed by atoms with Crippen molar-refractivity contribution in [2.45, 2.75) is 25.2 Å². The minimum Gasteiger partial charge on any atom is -0.313 e. The molecule has 4 nitrogen and oxygen atoms in total. The summed E-state index contributed by atoms with van der Waals surface area (Å²) in [6.07, 6.45) is 15.9. The quantitative estimate of drug-likeness (QED) is 0.170. The molecule has 272 valence electrons. The van der Waals surface area contributed by atoms with Crippen LogP contribution in [-0.2, 0) is 0 Å². The Morgan fingerprint density at radius 3 is 1.93 bits per heavy atom. The molecule has 0 fully saturated rings. The summed E-state index contributed by atoms with van der Waals surface area (Å²) in [5, 5.41) is 4.36. The van der Waals surface area contributed by atoms with Crippen LogP contribution in [0.25, 0.3) is 83.1 Å². The molecule has 0 bridgehead atoms. The second-order valence-corrected chi connectivity index (χ2v) is 15.0. The lowest BCUT2D eigenvalue weighted by molar-refractivity contribution is 0.629. The first-order valence-corrected chi connectivity index (χ1v) is 19.7. The van der Waals surface area contributed by atoms with E-state index in [1.165, 1.54) is 33.1 Å². The van der Waals surface area contributed by atoms with Crippen molar-refractivity contribution in [3.05, 3.63) is 199 Å². The van der Waals surface area contributed by atoms with Crippen LogP contribution in [0.2, 0.25) is 0 Å². The fraction of sp³-hybridized carbons (Fsp3) is 0.0769. The number of hydrogen-bond donors (Lipinski definition) is 0. The zero-order valence-corrected chi connectivity index (χ0v) is 31.2. The van der Waals surface area contributed by atoms with E-state index >= 15 is 0 Å². The molecule has 0 saturated carbocycles. The Labute approximate surface area is 329 Å². The first-order chi connectivity index (χ1) is 28.2. The average Bonchev–Trinajstić information content (AvgIpc) is 3.79. The minimum atomic E-state index is -0.235. The molecule has 11 rings (SSSR count). The number of aromatic nitrogens is 4. The zero-order chi connectivity index (χ0) is 37.9. The second-order valence-electron chi connectivity index (χ2n) is 15.0. The van der Waals surface area contributed by atoms with E-state index in [1.54, 1.807) is 12.1 Å². The van der Waals surface area contributed by atoms with Gasteiger partial charge in [0, 0.05) is 44.4 Å². The Morgan fingerprint density at radius 1 is 0.526 bits per heavy atom. The Hall–Kier alpha value is -7.11. The summed E-state index contributed by atoms with van der Waals surface area (Å²) in [5.74, 6) is 0.770. The van der Waals surface area contributed by atoms with Gasteiger partial charge in [0.25, 0.3) is 0 Å². The third kappa shape index (κ3) is 5.74. The van der Waals surface area contributed by atoms with E-state index in [-0.39, 0.29) is 11.7 Å². The maximum atomic E-state index is 14.7. The molecule has 6 aromatic carbocycles. The lowest BCUT2D eigenvalue weighted by Crippen LogP contribution is -2.07. The highest BCUT2D eigenvalue weighted by Crippen LogP contribution is 2.40. The Bertz CT molecular complexity index is 3160. The molecule has 0 aliphatic heterocycles. The van der Waals surface area contributed by atoms with Crippen molar-refractivity contribution in [2.75, 3.05) is 0 Å². The summed E-state index contributed by atoms with van der Waals surface area (Å²) in [6, 6.07) is 50.0. The summed E-state index contributed by atoms with van der Waals surface area (Å²) in [5.41, 5.74) is 13.3. The molecule has 0 spiro atoms. The molecule has 3 heterocycles. The predicted octanol–water partition coefficient (Wildman–Crippen LogP) is 13.5. The summed E-state index contributed by atoms with van der Waals surface area (Å²) in [4.78, 5) is 10.2. The molecule has 0 amide bonds. The van der Waals surface area contributed by atoms with Crippen LogP contribution in [0.3, 0.4) is 0 Å². The second kappa shape index (κ2) is 13.6. The summed E-state index contributed by atoms with van der Waals surface area (Å²) >= 11 is 0. The maximum Gasteiger partial charge on any atom is 0.160 e. The van der Waals surface area contributed by atoms with Gasteiger partial charge in [-0.15, -0.1) is 0 Å². The third-order valence-corrected chi connectivity index (χ3v) is 11.6. The Kier molecular flexibility index (Phi) is 7.92. The van der Waals surface area contributed by atoms with E-state index in [4.69, 9.17) is 9.97 Å². The highest BCUT2D eigenvalue weighted by molar-refractivity contribution is 6.13. The highest BCUT2D eigenvalue weighted by Gasteiger charge is 2.21. The number of benzene rings is 6. The molecular weight excluding hydrogens is 700 g/mol. The number of hydrogen-bond acceptors (Lipinski definition) is 2. The molecule has 0 radical (unpaired) electrons. The maximum absolute atomic E-state index is 14.7. The van der Waals surface area contributed by atoms with Gasteiger partial charge in [-0.1, -0.05) is 109 Å². The first kappa shape index (κ1) is 33.2. The molecule has 1 atom stereocenters. The predicted molar refractivity (Wildman–Crippen MR) is 234 cm³/mol. The van der Waals surface area contributed by atoms with Gasteiger partial charge in [-0.05, 0) is 109 Å². The SMILES string of the molecule is Fc1ccc2c(c1)c1cc(-c3ccc4c(c3)c3ccccc3n4C3=CC=C(c4cc(C5C=CC=CC5)nc(-c5ccccc5)n4)CC3)ccc1n2-c1ccccc1. The van der Waals surface area contributed by atoms with Crippen molar-refractivity contribution < 1.29 is 4.39 Å². The van der Waals surface area contributed by atoms with Crippen molar-refractivity contribution in [1.82, 2.24) is 19.1 Å². The molecule has 0 N–H and O–H groups in total. The Balaban J connectivity index is 0.999. The molecular formula is C52H37FN4.